The molecule has 2 aliphatic rings. The summed E-state index contributed by atoms with van der Waals surface area (Å²) in [6, 6.07) is 0. The summed E-state index contributed by atoms with van der Waals surface area (Å²) in [6.07, 6.45) is 1.40. The predicted molar refractivity (Wildman–Crippen MR) is 67.9 cm³/mol. The second-order valence-corrected chi connectivity index (χ2v) is 7.06. The van der Waals surface area contributed by atoms with Crippen LogP contribution in [0.15, 0.2) is 5.11 Å². The lowest BCUT2D eigenvalue weighted by molar-refractivity contribution is 0.205. The summed E-state index contributed by atoms with van der Waals surface area (Å²) in [4.78, 5) is 2.78. The molecule has 0 aromatic rings. The van der Waals surface area contributed by atoms with Crippen LogP contribution in [0.3, 0.4) is 0 Å². The molecule has 1 N–H and O–H groups in total. The maximum absolute atomic E-state index is 11.4. The summed E-state index contributed by atoms with van der Waals surface area (Å²) in [7, 11) is -2.82. The number of halogens is 1. The minimum Gasteiger partial charge on any atom is -0.316 e. The smallest absolute Gasteiger partial charge is 0.150 e. The topological polar surface area (TPSA) is 94.9 Å². The van der Waals surface area contributed by atoms with Gasteiger partial charge < -0.3 is 5.32 Å². The molecular formula is C9H17ClN4O2S. The minimum atomic E-state index is -2.82. The third-order valence-electron chi connectivity index (χ3n) is 3.92. The van der Waals surface area contributed by atoms with Crippen LogP contribution < -0.4 is 5.32 Å². The maximum atomic E-state index is 11.4. The first kappa shape index (κ1) is 14.6. The molecule has 0 amide bonds. The third-order valence-corrected chi connectivity index (χ3v) is 5.57. The molecule has 1 atom stereocenters. The van der Waals surface area contributed by atoms with Gasteiger partial charge in [0.2, 0.25) is 0 Å². The number of azide groups is 1. The van der Waals surface area contributed by atoms with E-state index in [-0.39, 0.29) is 29.3 Å². The average molecular weight is 281 g/mol. The Morgan fingerprint density at radius 1 is 1.41 bits per heavy atom. The fraction of sp³-hybridized carbons (Fsp3) is 1.00. The van der Waals surface area contributed by atoms with E-state index >= 15 is 0 Å². The van der Waals surface area contributed by atoms with E-state index in [1.54, 1.807) is 0 Å². The minimum absolute atomic E-state index is 0. The van der Waals surface area contributed by atoms with Gasteiger partial charge >= 0.3 is 0 Å². The number of rotatable bonds is 2. The van der Waals surface area contributed by atoms with Gasteiger partial charge in [-0.15, -0.1) is 12.4 Å². The molecule has 2 aliphatic heterocycles. The molecule has 17 heavy (non-hydrogen) atoms. The molecule has 0 aliphatic carbocycles. The fourth-order valence-electron chi connectivity index (χ4n) is 2.78. The standard InChI is InChI=1S/C9H16N4O2S.ClH/c10-13-12-6-8-5-11-7-9(8)1-3-16(14,15)4-2-9;/h8,11H,1-7H2;1H. The Bertz CT molecular complexity index is 405. The van der Waals surface area contributed by atoms with E-state index < -0.39 is 9.84 Å². The molecule has 0 aromatic heterocycles. The SMILES string of the molecule is Cl.[N-]=[N+]=NCC1CNCC12CCS(=O)(=O)CC2. The van der Waals surface area contributed by atoms with Crippen LogP contribution in [0.25, 0.3) is 10.4 Å². The van der Waals surface area contributed by atoms with Crippen molar-refractivity contribution in [3.05, 3.63) is 10.4 Å². The number of hydrogen-bond acceptors (Lipinski definition) is 4. The lowest BCUT2D eigenvalue weighted by atomic mass is 9.73. The van der Waals surface area contributed by atoms with Crippen LogP contribution in [0, 0.1) is 11.3 Å². The molecule has 8 heteroatoms. The maximum Gasteiger partial charge on any atom is 0.150 e. The van der Waals surface area contributed by atoms with Crippen molar-refractivity contribution < 1.29 is 8.42 Å². The van der Waals surface area contributed by atoms with Crippen LogP contribution in [0.2, 0.25) is 0 Å². The summed E-state index contributed by atoms with van der Waals surface area (Å²) in [5.74, 6) is 0.849. The van der Waals surface area contributed by atoms with Gasteiger partial charge in [0, 0.05) is 18.0 Å². The highest BCUT2D eigenvalue weighted by Crippen LogP contribution is 2.42. The highest BCUT2D eigenvalue weighted by Gasteiger charge is 2.45. The molecule has 0 bridgehead atoms. The van der Waals surface area contributed by atoms with E-state index in [4.69, 9.17) is 5.53 Å². The van der Waals surface area contributed by atoms with Crippen LogP contribution >= 0.6 is 12.4 Å². The van der Waals surface area contributed by atoms with Gasteiger partial charge in [0.25, 0.3) is 0 Å². The van der Waals surface area contributed by atoms with E-state index in [0.29, 0.717) is 25.3 Å². The van der Waals surface area contributed by atoms with Crippen molar-refractivity contribution in [1.29, 1.82) is 0 Å². The first-order valence-electron chi connectivity index (χ1n) is 5.50. The monoisotopic (exact) mass is 280 g/mol. The van der Waals surface area contributed by atoms with Gasteiger partial charge in [-0.3, -0.25) is 0 Å². The van der Waals surface area contributed by atoms with Crippen molar-refractivity contribution in [3.8, 4) is 0 Å². The summed E-state index contributed by atoms with van der Waals surface area (Å²) >= 11 is 0. The average Bonchev–Trinajstić information content (AvgIpc) is 2.64. The van der Waals surface area contributed by atoms with E-state index in [1.807, 2.05) is 0 Å². The number of hydrogen-bond donors (Lipinski definition) is 1. The molecule has 0 aromatic carbocycles. The zero-order valence-electron chi connectivity index (χ0n) is 9.50. The van der Waals surface area contributed by atoms with Crippen LogP contribution in [0.5, 0.6) is 0 Å². The second-order valence-electron chi connectivity index (χ2n) is 4.76. The van der Waals surface area contributed by atoms with Gasteiger partial charge in [-0.1, -0.05) is 5.11 Å². The van der Waals surface area contributed by atoms with Gasteiger partial charge in [0.1, 0.15) is 9.84 Å². The van der Waals surface area contributed by atoms with Gasteiger partial charge in [0.15, 0.2) is 0 Å². The van der Waals surface area contributed by atoms with Crippen molar-refractivity contribution in [2.24, 2.45) is 16.4 Å². The summed E-state index contributed by atoms with van der Waals surface area (Å²) in [5.41, 5.74) is 8.38. The first-order valence-corrected chi connectivity index (χ1v) is 7.32. The molecule has 2 heterocycles. The second kappa shape index (κ2) is 5.44. The Balaban J connectivity index is 0.00000144. The van der Waals surface area contributed by atoms with Gasteiger partial charge in [-0.05, 0) is 36.3 Å². The largest absolute Gasteiger partial charge is 0.316 e. The molecule has 0 radical (unpaired) electrons. The fourth-order valence-corrected chi connectivity index (χ4v) is 4.42. The molecular weight excluding hydrogens is 264 g/mol. The Hall–Kier alpha value is -0.490. The summed E-state index contributed by atoms with van der Waals surface area (Å²) in [5, 5.41) is 6.92. The van der Waals surface area contributed by atoms with E-state index in [9.17, 15) is 8.42 Å². The summed E-state index contributed by atoms with van der Waals surface area (Å²) < 4.78 is 22.8. The number of nitrogens with zero attached hydrogens (tertiary/aromatic N) is 3. The molecule has 6 nitrogen and oxygen atoms in total. The molecule has 2 saturated heterocycles. The van der Waals surface area contributed by atoms with Crippen LogP contribution in [-0.2, 0) is 9.84 Å². The molecule has 1 spiro atoms. The van der Waals surface area contributed by atoms with Crippen molar-refractivity contribution in [2.45, 2.75) is 12.8 Å². The highest BCUT2D eigenvalue weighted by molar-refractivity contribution is 7.91. The van der Waals surface area contributed by atoms with Gasteiger partial charge in [0.05, 0.1) is 11.5 Å². The lowest BCUT2D eigenvalue weighted by Crippen LogP contribution is -2.40. The quantitative estimate of drug-likeness (QED) is 0.467. The molecule has 0 saturated carbocycles. The van der Waals surface area contributed by atoms with Crippen LogP contribution in [0.4, 0.5) is 0 Å². The third kappa shape index (κ3) is 3.04. The number of sulfone groups is 1. The van der Waals surface area contributed by atoms with Gasteiger partial charge in [-0.25, -0.2) is 8.42 Å². The van der Waals surface area contributed by atoms with Crippen molar-refractivity contribution in [2.75, 3.05) is 31.1 Å². The Kier molecular flexibility index (Phi) is 4.66. The molecule has 2 fully saturated rings. The summed E-state index contributed by atoms with van der Waals surface area (Å²) in [6.45, 7) is 2.16. The predicted octanol–water partition coefficient (Wildman–Crippen LogP) is 1.13. The molecule has 2 rings (SSSR count). The number of nitrogens with one attached hydrogen (secondary N) is 1. The van der Waals surface area contributed by atoms with E-state index in [0.717, 1.165) is 13.1 Å². The Morgan fingerprint density at radius 2 is 2.06 bits per heavy atom. The van der Waals surface area contributed by atoms with Crippen molar-refractivity contribution in [3.63, 3.8) is 0 Å². The van der Waals surface area contributed by atoms with Crippen molar-refractivity contribution in [1.82, 2.24) is 5.32 Å². The van der Waals surface area contributed by atoms with E-state index in [2.05, 4.69) is 15.3 Å². The van der Waals surface area contributed by atoms with Crippen molar-refractivity contribution >= 4 is 22.2 Å². The Morgan fingerprint density at radius 3 is 2.65 bits per heavy atom. The molecule has 98 valence electrons. The Labute approximate surface area is 107 Å². The highest BCUT2D eigenvalue weighted by atomic mass is 35.5. The zero-order valence-corrected chi connectivity index (χ0v) is 11.1. The molecule has 1 unspecified atom stereocenters. The van der Waals surface area contributed by atoms with E-state index in [1.165, 1.54) is 0 Å². The zero-order chi connectivity index (χ0) is 11.6. The van der Waals surface area contributed by atoms with Gasteiger partial charge in [-0.2, -0.15) is 0 Å². The first-order chi connectivity index (χ1) is 7.58. The van der Waals surface area contributed by atoms with Crippen LogP contribution in [-0.4, -0.2) is 39.6 Å². The normalized spacial score (nSPS) is 29.3. The van der Waals surface area contributed by atoms with Crippen LogP contribution in [0.1, 0.15) is 12.8 Å². The lowest BCUT2D eigenvalue weighted by Gasteiger charge is -2.37.